The number of carbonyl (C=O) groups excluding carboxylic acids is 1. The lowest BCUT2D eigenvalue weighted by Crippen LogP contribution is -2.35. The first kappa shape index (κ1) is 19.7. The van der Waals surface area contributed by atoms with Crippen LogP contribution in [0.3, 0.4) is 0 Å². The van der Waals surface area contributed by atoms with Crippen LogP contribution in [0.1, 0.15) is 18.2 Å². The Labute approximate surface area is 173 Å². The van der Waals surface area contributed by atoms with Crippen LogP contribution >= 0.6 is 11.3 Å². The maximum absolute atomic E-state index is 11.4. The number of thiophene rings is 1. The van der Waals surface area contributed by atoms with Gasteiger partial charge in [-0.05, 0) is 36.9 Å². The molecule has 0 bridgehead atoms. The Morgan fingerprint density at radius 2 is 2.31 bits per heavy atom. The van der Waals surface area contributed by atoms with Crippen LogP contribution in [0, 0.1) is 0 Å². The van der Waals surface area contributed by atoms with Crippen molar-refractivity contribution in [3.05, 3.63) is 40.7 Å². The minimum atomic E-state index is -0.351. The first-order valence-corrected chi connectivity index (χ1v) is 10.8. The van der Waals surface area contributed by atoms with Gasteiger partial charge in [0.1, 0.15) is 5.52 Å². The Morgan fingerprint density at radius 3 is 3.14 bits per heavy atom. The predicted molar refractivity (Wildman–Crippen MR) is 114 cm³/mol. The smallest absolute Gasteiger partial charge is 0.407 e. The standard InChI is InChI=1S/C20H26N6O2S/c1-2-28-20(27)22-9-11-25-10-7-15(13-25)23-19-24-17-6-3-8-21-18(17)26(19)14-16-5-4-12-29-16/h3-6,8,12,15H,2,7,9-11,13-14H2,1H3,(H,22,27)(H,23,24). The summed E-state index contributed by atoms with van der Waals surface area (Å²) in [4.78, 5) is 24.3. The lowest BCUT2D eigenvalue weighted by Gasteiger charge is -2.17. The Balaban J connectivity index is 1.39. The summed E-state index contributed by atoms with van der Waals surface area (Å²) >= 11 is 1.74. The fourth-order valence-corrected chi connectivity index (χ4v) is 4.30. The van der Waals surface area contributed by atoms with Crippen LogP contribution < -0.4 is 10.6 Å². The van der Waals surface area contributed by atoms with Gasteiger partial charge in [0.2, 0.25) is 5.95 Å². The lowest BCUT2D eigenvalue weighted by atomic mass is 10.3. The molecule has 1 aliphatic rings. The molecule has 1 unspecified atom stereocenters. The SMILES string of the molecule is CCOC(=O)NCCN1CCC(Nc2nc3cccnc3n2Cc2cccs2)C1. The van der Waals surface area contributed by atoms with Gasteiger partial charge in [-0.25, -0.2) is 14.8 Å². The van der Waals surface area contributed by atoms with E-state index in [1.165, 1.54) is 4.88 Å². The molecule has 0 saturated carbocycles. The maximum atomic E-state index is 11.4. The molecule has 0 spiro atoms. The van der Waals surface area contributed by atoms with Crippen LogP contribution in [0.5, 0.6) is 0 Å². The van der Waals surface area contributed by atoms with Gasteiger partial charge >= 0.3 is 6.09 Å². The second-order valence-electron chi connectivity index (χ2n) is 7.02. The molecule has 9 heteroatoms. The minimum Gasteiger partial charge on any atom is -0.450 e. The van der Waals surface area contributed by atoms with Crippen LogP contribution in [0.2, 0.25) is 0 Å². The number of nitrogens with zero attached hydrogens (tertiary/aromatic N) is 4. The summed E-state index contributed by atoms with van der Waals surface area (Å²) in [6.07, 6.45) is 2.50. The number of imidazole rings is 1. The summed E-state index contributed by atoms with van der Waals surface area (Å²) in [7, 11) is 0. The molecule has 0 aliphatic carbocycles. The molecule has 0 radical (unpaired) electrons. The molecule has 8 nitrogen and oxygen atoms in total. The summed E-state index contributed by atoms with van der Waals surface area (Å²) in [5.41, 5.74) is 1.80. The Morgan fingerprint density at radius 1 is 1.38 bits per heavy atom. The van der Waals surface area contributed by atoms with E-state index < -0.39 is 0 Å². The number of pyridine rings is 1. The van der Waals surface area contributed by atoms with E-state index in [0.717, 1.165) is 49.7 Å². The van der Waals surface area contributed by atoms with E-state index in [0.29, 0.717) is 19.2 Å². The van der Waals surface area contributed by atoms with Crippen LogP contribution in [-0.4, -0.2) is 64.4 Å². The number of ether oxygens (including phenoxy) is 1. The first-order chi connectivity index (χ1) is 14.2. The fraction of sp³-hybridized carbons (Fsp3) is 0.450. The number of alkyl carbamates (subject to hydrolysis) is 1. The molecule has 1 fully saturated rings. The highest BCUT2D eigenvalue weighted by atomic mass is 32.1. The second kappa shape index (κ2) is 9.23. The van der Waals surface area contributed by atoms with E-state index in [1.54, 1.807) is 18.3 Å². The van der Waals surface area contributed by atoms with E-state index in [1.807, 2.05) is 18.3 Å². The zero-order chi connectivity index (χ0) is 20.1. The van der Waals surface area contributed by atoms with Crippen molar-refractivity contribution in [2.75, 3.05) is 38.1 Å². The van der Waals surface area contributed by atoms with Crippen molar-refractivity contribution in [3.8, 4) is 0 Å². The van der Waals surface area contributed by atoms with Crippen molar-refractivity contribution in [1.82, 2.24) is 24.8 Å². The van der Waals surface area contributed by atoms with Crippen molar-refractivity contribution in [3.63, 3.8) is 0 Å². The summed E-state index contributed by atoms with van der Waals surface area (Å²) in [5.74, 6) is 0.864. The average Bonchev–Trinajstić information content (AvgIpc) is 3.45. The van der Waals surface area contributed by atoms with Crippen LogP contribution in [0.15, 0.2) is 35.8 Å². The van der Waals surface area contributed by atoms with Gasteiger partial charge in [-0.15, -0.1) is 11.3 Å². The molecule has 3 aromatic rings. The van der Waals surface area contributed by atoms with Gasteiger partial charge in [-0.1, -0.05) is 6.07 Å². The summed E-state index contributed by atoms with van der Waals surface area (Å²) in [6.45, 7) is 6.26. The number of fused-ring (bicyclic) bond motifs is 1. The molecular weight excluding hydrogens is 388 g/mol. The molecule has 0 aromatic carbocycles. The second-order valence-corrected chi connectivity index (χ2v) is 8.06. The number of amides is 1. The van der Waals surface area contributed by atoms with Crippen molar-refractivity contribution in [2.45, 2.75) is 25.9 Å². The van der Waals surface area contributed by atoms with Crippen molar-refractivity contribution >= 4 is 34.5 Å². The highest BCUT2D eigenvalue weighted by molar-refractivity contribution is 7.09. The third kappa shape index (κ3) is 4.86. The van der Waals surface area contributed by atoms with E-state index >= 15 is 0 Å². The number of hydrogen-bond acceptors (Lipinski definition) is 7. The lowest BCUT2D eigenvalue weighted by molar-refractivity contribution is 0.151. The van der Waals surface area contributed by atoms with Crippen molar-refractivity contribution in [2.24, 2.45) is 0 Å². The molecule has 29 heavy (non-hydrogen) atoms. The molecular formula is C20H26N6O2S. The molecule has 2 N–H and O–H groups in total. The number of nitrogens with one attached hydrogen (secondary N) is 2. The van der Waals surface area contributed by atoms with E-state index in [-0.39, 0.29) is 6.09 Å². The zero-order valence-electron chi connectivity index (χ0n) is 16.5. The molecule has 1 aliphatic heterocycles. The number of hydrogen-bond donors (Lipinski definition) is 2. The molecule has 4 heterocycles. The topological polar surface area (TPSA) is 84.3 Å². The summed E-state index contributed by atoms with van der Waals surface area (Å²) in [5, 5.41) is 8.49. The van der Waals surface area contributed by atoms with Gasteiger partial charge in [0, 0.05) is 43.3 Å². The van der Waals surface area contributed by atoms with Gasteiger partial charge in [0.25, 0.3) is 0 Å². The van der Waals surface area contributed by atoms with Crippen molar-refractivity contribution in [1.29, 1.82) is 0 Å². The van der Waals surface area contributed by atoms with Crippen LogP contribution in [0.4, 0.5) is 10.7 Å². The van der Waals surface area contributed by atoms with Gasteiger partial charge in [0.05, 0.1) is 13.2 Å². The molecule has 3 aromatic heterocycles. The normalized spacial score (nSPS) is 16.9. The summed E-state index contributed by atoms with van der Waals surface area (Å²) in [6, 6.07) is 8.44. The molecule has 4 rings (SSSR count). The number of likely N-dealkylation sites (tertiary alicyclic amines) is 1. The van der Waals surface area contributed by atoms with E-state index in [2.05, 4.69) is 42.6 Å². The Bertz CT molecular complexity index is 942. The molecule has 1 amide bonds. The molecule has 1 atom stereocenters. The Kier molecular flexibility index (Phi) is 6.26. The highest BCUT2D eigenvalue weighted by Gasteiger charge is 2.24. The number of rotatable bonds is 8. The number of aromatic nitrogens is 3. The minimum absolute atomic E-state index is 0.316. The zero-order valence-corrected chi connectivity index (χ0v) is 17.3. The van der Waals surface area contributed by atoms with Gasteiger partial charge in [-0.3, -0.25) is 9.47 Å². The van der Waals surface area contributed by atoms with Gasteiger partial charge < -0.3 is 15.4 Å². The van der Waals surface area contributed by atoms with Gasteiger partial charge in [-0.2, -0.15) is 0 Å². The fourth-order valence-electron chi connectivity index (χ4n) is 3.61. The third-order valence-corrected chi connectivity index (χ3v) is 5.84. The summed E-state index contributed by atoms with van der Waals surface area (Å²) < 4.78 is 7.05. The third-order valence-electron chi connectivity index (χ3n) is 4.98. The highest BCUT2D eigenvalue weighted by Crippen LogP contribution is 2.23. The quantitative estimate of drug-likeness (QED) is 0.590. The van der Waals surface area contributed by atoms with Crippen molar-refractivity contribution < 1.29 is 9.53 Å². The van der Waals surface area contributed by atoms with Gasteiger partial charge in [0.15, 0.2) is 5.65 Å². The number of anilines is 1. The maximum Gasteiger partial charge on any atom is 0.407 e. The first-order valence-electron chi connectivity index (χ1n) is 9.96. The predicted octanol–water partition coefficient (Wildman–Crippen LogP) is 2.77. The average molecular weight is 415 g/mol. The largest absolute Gasteiger partial charge is 0.450 e. The van der Waals surface area contributed by atoms with Crippen LogP contribution in [0.25, 0.3) is 11.2 Å². The monoisotopic (exact) mass is 414 g/mol. The van der Waals surface area contributed by atoms with E-state index in [4.69, 9.17) is 9.72 Å². The Hall–Kier alpha value is -2.65. The van der Waals surface area contributed by atoms with E-state index in [9.17, 15) is 4.79 Å². The van der Waals surface area contributed by atoms with Crippen LogP contribution in [-0.2, 0) is 11.3 Å². The number of carbonyl (C=O) groups is 1. The molecule has 154 valence electrons. The molecule has 1 saturated heterocycles.